The molecule has 0 bridgehead atoms. The largest absolute Gasteiger partial charge is 0.497 e. The molecule has 136 valence electrons. The van der Waals surface area contributed by atoms with Crippen LogP contribution in [0.4, 0.5) is 0 Å². The first kappa shape index (κ1) is 18.7. The monoisotopic (exact) mass is 484 g/mol. The van der Waals surface area contributed by atoms with Crippen molar-refractivity contribution in [3.05, 3.63) is 63.2 Å². The Bertz CT molecular complexity index is 965. The first-order valence-corrected chi connectivity index (χ1v) is 10.3. The molecule has 0 radical (unpaired) electrons. The summed E-state index contributed by atoms with van der Waals surface area (Å²) in [7, 11) is -2.16. The molecule has 0 fully saturated rings. The van der Waals surface area contributed by atoms with E-state index < -0.39 is 10.0 Å². The molecule has 1 aliphatic heterocycles. The maximum Gasteiger partial charge on any atom is 0.304 e. The van der Waals surface area contributed by atoms with Crippen LogP contribution in [-0.2, 0) is 14.8 Å². The molecule has 1 heterocycles. The molecule has 0 saturated carbocycles. The van der Waals surface area contributed by atoms with Crippen LogP contribution < -0.4 is 9.46 Å². The van der Waals surface area contributed by atoms with Gasteiger partial charge in [-0.15, -0.1) is 0 Å². The van der Waals surface area contributed by atoms with Gasteiger partial charge in [0.15, 0.2) is 0 Å². The molecule has 1 aliphatic rings. The molecule has 0 amide bonds. The van der Waals surface area contributed by atoms with Crippen molar-refractivity contribution in [1.82, 2.24) is 4.72 Å². The third kappa shape index (κ3) is 4.18. The van der Waals surface area contributed by atoms with Crippen LogP contribution in [0.1, 0.15) is 11.1 Å². The normalized spacial score (nSPS) is 14.5. The van der Waals surface area contributed by atoms with E-state index in [0.29, 0.717) is 12.3 Å². The highest BCUT2D eigenvalue weighted by Crippen LogP contribution is 2.29. The highest BCUT2D eigenvalue weighted by molar-refractivity contribution is 14.1. The maximum atomic E-state index is 12.5. The number of hydrogen-bond donors (Lipinski definition) is 1. The third-order valence-electron chi connectivity index (χ3n) is 3.71. The van der Waals surface area contributed by atoms with Crippen LogP contribution in [0.3, 0.4) is 0 Å². The van der Waals surface area contributed by atoms with Crippen LogP contribution in [0.5, 0.6) is 5.75 Å². The first-order valence-electron chi connectivity index (χ1n) is 7.74. The molecule has 0 aromatic heterocycles. The maximum absolute atomic E-state index is 12.5. The molecule has 0 unspecified atom stereocenters. The predicted octanol–water partition coefficient (Wildman–Crippen LogP) is 3.47. The SMILES string of the molecule is COc1ccc(C2=C(I)CN=C(NS(=O)(=O)c3ccc(C)cc3)O2)cc1. The lowest BCUT2D eigenvalue weighted by atomic mass is 10.1. The lowest BCUT2D eigenvalue weighted by Gasteiger charge is -2.19. The summed E-state index contributed by atoms with van der Waals surface area (Å²) in [5.74, 6) is 1.30. The number of ether oxygens (including phenoxy) is 2. The molecule has 0 spiro atoms. The lowest BCUT2D eigenvalue weighted by Crippen LogP contribution is -2.34. The van der Waals surface area contributed by atoms with Gasteiger partial charge in [0.1, 0.15) is 11.5 Å². The number of nitrogens with one attached hydrogen (secondary N) is 1. The van der Waals surface area contributed by atoms with E-state index in [2.05, 4.69) is 32.3 Å². The Morgan fingerprint density at radius 2 is 1.77 bits per heavy atom. The van der Waals surface area contributed by atoms with Gasteiger partial charge in [-0.3, -0.25) is 0 Å². The average molecular weight is 484 g/mol. The van der Waals surface area contributed by atoms with Crippen molar-refractivity contribution in [1.29, 1.82) is 0 Å². The van der Waals surface area contributed by atoms with Gasteiger partial charge in [0.05, 0.1) is 22.1 Å². The second-order valence-electron chi connectivity index (χ2n) is 5.60. The van der Waals surface area contributed by atoms with E-state index in [1.165, 1.54) is 0 Å². The number of halogens is 1. The molecule has 6 nitrogen and oxygen atoms in total. The van der Waals surface area contributed by atoms with Crippen molar-refractivity contribution in [2.45, 2.75) is 11.8 Å². The molecular weight excluding hydrogens is 467 g/mol. The summed E-state index contributed by atoms with van der Waals surface area (Å²) in [5.41, 5.74) is 1.80. The molecule has 26 heavy (non-hydrogen) atoms. The summed E-state index contributed by atoms with van der Waals surface area (Å²) in [6.45, 7) is 2.24. The van der Waals surface area contributed by atoms with E-state index in [0.717, 1.165) is 20.5 Å². The van der Waals surface area contributed by atoms with Crippen LogP contribution in [0, 0.1) is 6.92 Å². The van der Waals surface area contributed by atoms with Crippen LogP contribution in [0.2, 0.25) is 0 Å². The second kappa shape index (κ2) is 7.67. The zero-order chi connectivity index (χ0) is 18.7. The van der Waals surface area contributed by atoms with Crippen molar-refractivity contribution < 1.29 is 17.9 Å². The van der Waals surface area contributed by atoms with Gasteiger partial charge in [0.25, 0.3) is 10.0 Å². The fourth-order valence-electron chi connectivity index (χ4n) is 2.30. The van der Waals surface area contributed by atoms with Gasteiger partial charge in [-0.1, -0.05) is 17.7 Å². The molecule has 8 heteroatoms. The Labute approximate surface area is 166 Å². The molecule has 0 aliphatic carbocycles. The number of methoxy groups -OCH3 is 1. The number of hydrogen-bond acceptors (Lipinski definition) is 5. The van der Waals surface area contributed by atoms with E-state index in [1.807, 2.05) is 31.2 Å². The summed E-state index contributed by atoms with van der Waals surface area (Å²) in [6, 6.07) is 13.9. The Morgan fingerprint density at radius 1 is 1.12 bits per heavy atom. The van der Waals surface area contributed by atoms with E-state index in [9.17, 15) is 8.42 Å². The number of aliphatic imine (C=N–C) groups is 1. The van der Waals surface area contributed by atoms with E-state index >= 15 is 0 Å². The standard InChI is InChI=1S/C18H17IN2O4S/c1-12-3-9-15(10-4-12)26(22,23)21-18-20-11-16(19)17(25-18)13-5-7-14(24-2)8-6-13/h3-10H,11H2,1-2H3,(H,20,21). The Hall–Kier alpha value is -2.07. The van der Waals surface area contributed by atoms with Crippen molar-refractivity contribution in [2.75, 3.05) is 13.7 Å². The molecule has 3 rings (SSSR count). The van der Waals surface area contributed by atoms with Crippen LogP contribution in [0.15, 0.2) is 62.0 Å². The van der Waals surface area contributed by atoms with Gasteiger partial charge < -0.3 is 9.47 Å². The summed E-state index contributed by atoms with van der Waals surface area (Å²) in [5, 5.41) is 0. The summed E-state index contributed by atoms with van der Waals surface area (Å²) in [6.07, 6.45) is 0. The highest BCUT2D eigenvalue weighted by atomic mass is 127. The number of rotatable bonds is 4. The Morgan fingerprint density at radius 3 is 2.38 bits per heavy atom. The fourth-order valence-corrected chi connectivity index (χ4v) is 3.84. The van der Waals surface area contributed by atoms with E-state index in [1.54, 1.807) is 31.4 Å². The smallest absolute Gasteiger partial charge is 0.304 e. The minimum atomic E-state index is -3.76. The molecule has 2 aromatic carbocycles. The van der Waals surface area contributed by atoms with Gasteiger partial charge >= 0.3 is 6.02 Å². The Kier molecular flexibility index (Phi) is 5.52. The summed E-state index contributed by atoms with van der Waals surface area (Å²) < 4.78 is 39.2. The van der Waals surface area contributed by atoms with Gasteiger partial charge in [-0.2, -0.15) is 0 Å². The second-order valence-corrected chi connectivity index (χ2v) is 8.59. The summed E-state index contributed by atoms with van der Waals surface area (Å²) >= 11 is 2.14. The van der Waals surface area contributed by atoms with E-state index in [4.69, 9.17) is 9.47 Å². The molecule has 1 N–H and O–H groups in total. The number of benzene rings is 2. The predicted molar refractivity (Wildman–Crippen MR) is 109 cm³/mol. The van der Waals surface area contributed by atoms with Crippen LogP contribution in [-0.4, -0.2) is 28.1 Å². The number of aryl methyl sites for hydroxylation is 1. The zero-order valence-electron chi connectivity index (χ0n) is 14.2. The van der Waals surface area contributed by atoms with Gasteiger partial charge in [-0.05, 0) is 65.9 Å². The topological polar surface area (TPSA) is 77.0 Å². The average Bonchev–Trinajstić information content (AvgIpc) is 2.63. The van der Waals surface area contributed by atoms with Crippen LogP contribution >= 0.6 is 22.6 Å². The van der Waals surface area contributed by atoms with Crippen molar-refractivity contribution in [3.8, 4) is 5.75 Å². The minimum absolute atomic E-state index is 0.0446. The van der Waals surface area contributed by atoms with Crippen molar-refractivity contribution >= 4 is 44.4 Å². The van der Waals surface area contributed by atoms with Gasteiger partial charge in [0.2, 0.25) is 0 Å². The quantitative estimate of drug-likeness (QED) is 0.675. The number of nitrogens with zero attached hydrogens (tertiary/aromatic N) is 1. The van der Waals surface area contributed by atoms with Crippen molar-refractivity contribution in [3.63, 3.8) is 0 Å². The molecule has 2 aromatic rings. The fraction of sp³-hybridized carbons (Fsp3) is 0.167. The van der Waals surface area contributed by atoms with Gasteiger partial charge in [0, 0.05) is 5.56 Å². The molecule has 0 saturated heterocycles. The highest BCUT2D eigenvalue weighted by Gasteiger charge is 2.23. The minimum Gasteiger partial charge on any atom is -0.497 e. The molecule has 0 atom stereocenters. The summed E-state index contributed by atoms with van der Waals surface area (Å²) in [4.78, 5) is 4.32. The number of amidine groups is 1. The van der Waals surface area contributed by atoms with Gasteiger partial charge in [-0.25, -0.2) is 18.1 Å². The van der Waals surface area contributed by atoms with Crippen LogP contribution in [0.25, 0.3) is 5.76 Å². The lowest BCUT2D eigenvalue weighted by molar-refractivity contribution is 0.414. The molecular formula is C18H17IN2O4S. The first-order chi connectivity index (χ1) is 12.4. The number of sulfonamides is 1. The zero-order valence-corrected chi connectivity index (χ0v) is 17.2. The van der Waals surface area contributed by atoms with E-state index in [-0.39, 0.29) is 10.9 Å². The third-order valence-corrected chi connectivity index (χ3v) is 5.88. The Balaban J connectivity index is 1.79. The van der Waals surface area contributed by atoms with Crippen molar-refractivity contribution in [2.24, 2.45) is 4.99 Å².